The third-order valence-electron chi connectivity index (χ3n) is 2.47. The average Bonchev–Trinajstić information content (AvgIpc) is 2.76. The van der Waals surface area contributed by atoms with Crippen LogP contribution < -0.4 is 0 Å². The summed E-state index contributed by atoms with van der Waals surface area (Å²) in [4.78, 5) is 13.5. The van der Waals surface area contributed by atoms with Crippen LogP contribution in [-0.4, -0.2) is 16.1 Å². The Balaban J connectivity index is 2.43. The van der Waals surface area contributed by atoms with Gasteiger partial charge in [-0.25, -0.2) is 4.79 Å². The van der Waals surface area contributed by atoms with E-state index in [-0.39, 0.29) is 5.69 Å². The lowest BCUT2D eigenvalue weighted by Gasteiger charge is -1.90. The molecule has 2 aromatic heterocycles. The van der Waals surface area contributed by atoms with Crippen LogP contribution in [0.2, 0.25) is 5.02 Å². The van der Waals surface area contributed by atoms with Crippen LogP contribution in [-0.2, 0) is 0 Å². The molecular formula is C11H6ClNO3. The van der Waals surface area contributed by atoms with Gasteiger partial charge in [0, 0.05) is 10.8 Å². The summed E-state index contributed by atoms with van der Waals surface area (Å²) in [6.07, 6.45) is 0. The highest BCUT2D eigenvalue weighted by molar-refractivity contribution is 6.35. The van der Waals surface area contributed by atoms with Crippen molar-refractivity contribution in [3.05, 3.63) is 35.0 Å². The molecule has 0 unspecified atom stereocenters. The zero-order valence-corrected chi connectivity index (χ0v) is 8.71. The first-order chi connectivity index (χ1) is 7.66. The van der Waals surface area contributed by atoms with E-state index in [0.717, 1.165) is 10.8 Å². The van der Waals surface area contributed by atoms with E-state index in [1.54, 1.807) is 18.2 Å². The quantitative estimate of drug-likeness (QED) is 0.680. The lowest BCUT2D eigenvalue weighted by molar-refractivity contribution is 0.0691. The number of hydrogen-bond acceptors (Lipinski definition) is 2. The van der Waals surface area contributed by atoms with Crippen molar-refractivity contribution in [2.75, 3.05) is 0 Å². The van der Waals surface area contributed by atoms with Crippen molar-refractivity contribution < 1.29 is 14.3 Å². The molecule has 0 aliphatic rings. The van der Waals surface area contributed by atoms with Crippen LogP contribution in [0.25, 0.3) is 22.1 Å². The number of para-hydroxylation sites is 1. The van der Waals surface area contributed by atoms with Gasteiger partial charge in [0.25, 0.3) is 0 Å². The van der Waals surface area contributed by atoms with Crippen molar-refractivity contribution in [2.24, 2.45) is 0 Å². The second-order valence-electron chi connectivity index (χ2n) is 3.45. The molecular weight excluding hydrogens is 230 g/mol. The Bertz CT molecular complexity index is 710. The maximum atomic E-state index is 10.8. The largest absolute Gasteiger partial charge is 0.477 e. The molecule has 4 nitrogen and oxygen atoms in total. The summed E-state index contributed by atoms with van der Waals surface area (Å²) in [5.41, 5.74) is 1.11. The summed E-state index contributed by atoms with van der Waals surface area (Å²) in [6, 6.07) is 6.91. The summed E-state index contributed by atoms with van der Waals surface area (Å²) in [5.74, 6) is -1.01. The lowest BCUT2D eigenvalue weighted by Crippen LogP contribution is -1.94. The highest BCUT2D eigenvalue weighted by atomic mass is 35.5. The first-order valence-electron chi connectivity index (χ1n) is 4.60. The monoisotopic (exact) mass is 235 g/mol. The number of rotatable bonds is 1. The molecule has 3 aromatic rings. The molecule has 5 heteroatoms. The number of fused-ring (bicyclic) bond motifs is 3. The van der Waals surface area contributed by atoms with Crippen molar-refractivity contribution in [2.45, 2.75) is 0 Å². The Morgan fingerprint density at radius 3 is 2.94 bits per heavy atom. The van der Waals surface area contributed by atoms with Gasteiger partial charge < -0.3 is 14.5 Å². The zero-order valence-electron chi connectivity index (χ0n) is 7.95. The molecule has 0 spiro atoms. The number of carbonyl (C=O) groups is 1. The molecule has 0 aliphatic carbocycles. The van der Waals surface area contributed by atoms with Crippen molar-refractivity contribution in [1.82, 2.24) is 4.98 Å². The van der Waals surface area contributed by atoms with Crippen LogP contribution in [0.3, 0.4) is 0 Å². The number of benzene rings is 1. The summed E-state index contributed by atoms with van der Waals surface area (Å²) in [6.45, 7) is 0. The van der Waals surface area contributed by atoms with Gasteiger partial charge in [-0.1, -0.05) is 23.7 Å². The van der Waals surface area contributed by atoms with Crippen LogP contribution in [0.15, 0.2) is 28.7 Å². The van der Waals surface area contributed by atoms with Gasteiger partial charge in [-0.05, 0) is 12.1 Å². The van der Waals surface area contributed by atoms with Crippen molar-refractivity contribution in [3.63, 3.8) is 0 Å². The minimum atomic E-state index is -1.01. The standard InChI is InChI=1S/C11H6ClNO3/c12-7-3-1-2-5-6-4-8(11(14)15)13-10(6)16-9(5)7/h1-4,13H,(H,14,15). The third-order valence-corrected chi connectivity index (χ3v) is 2.77. The minimum Gasteiger partial charge on any atom is -0.477 e. The maximum Gasteiger partial charge on any atom is 0.352 e. The number of aromatic amines is 1. The summed E-state index contributed by atoms with van der Waals surface area (Å²) >= 11 is 5.96. The van der Waals surface area contributed by atoms with Gasteiger partial charge >= 0.3 is 5.97 Å². The Morgan fingerprint density at radius 2 is 2.19 bits per heavy atom. The normalized spacial score (nSPS) is 11.3. The topological polar surface area (TPSA) is 66.2 Å². The number of halogens is 1. The second-order valence-corrected chi connectivity index (χ2v) is 3.86. The zero-order chi connectivity index (χ0) is 11.3. The molecule has 0 fully saturated rings. The van der Waals surface area contributed by atoms with Crippen molar-refractivity contribution >= 4 is 39.6 Å². The first-order valence-corrected chi connectivity index (χ1v) is 4.97. The molecule has 0 atom stereocenters. The van der Waals surface area contributed by atoms with Gasteiger partial charge in [0.2, 0.25) is 5.71 Å². The number of H-pyrrole nitrogens is 1. The molecule has 80 valence electrons. The summed E-state index contributed by atoms with van der Waals surface area (Å²) < 4.78 is 5.46. The fourth-order valence-electron chi connectivity index (χ4n) is 1.76. The molecule has 1 aromatic carbocycles. The van der Waals surface area contributed by atoms with E-state index in [0.29, 0.717) is 16.3 Å². The van der Waals surface area contributed by atoms with Gasteiger partial charge in [0.15, 0.2) is 5.58 Å². The van der Waals surface area contributed by atoms with Gasteiger partial charge in [0.05, 0.1) is 5.02 Å². The SMILES string of the molecule is O=C(O)c1cc2c([nH]1)oc1c(Cl)cccc12. The second kappa shape index (κ2) is 3.02. The summed E-state index contributed by atoms with van der Waals surface area (Å²) in [7, 11) is 0. The van der Waals surface area contributed by atoms with Gasteiger partial charge in [0.1, 0.15) is 5.69 Å². The van der Waals surface area contributed by atoms with E-state index < -0.39 is 5.97 Å². The van der Waals surface area contributed by atoms with Gasteiger partial charge in [-0.2, -0.15) is 0 Å². The van der Waals surface area contributed by atoms with Crippen molar-refractivity contribution in [3.8, 4) is 0 Å². The molecule has 0 saturated carbocycles. The fraction of sp³-hybridized carbons (Fsp3) is 0. The minimum absolute atomic E-state index is 0.107. The van der Waals surface area contributed by atoms with E-state index in [2.05, 4.69) is 4.98 Å². The number of carboxylic acid groups (broad SMARTS) is 1. The molecule has 2 heterocycles. The number of aromatic carboxylic acids is 1. The molecule has 0 amide bonds. The predicted molar refractivity (Wildman–Crippen MR) is 60.0 cm³/mol. The summed E-state index contributed by atoms with van der Waals surface area (Å²) in [5, 5.41) is 10.9. The third kappa shape index (κ3) is 1.13. The molecule has 3 rings (SSSR count). The molecule has 0 bridgehead atoms. The van der Waals surface area contributed by atoms with Crippen molar-refractivity contribution in [1.29, 1.82) is 0 Å². The number of hydrogen-bond donors (Lipinski definition) is 2. The van der Waals surface area contributed by atoms with Crippen LogP contribution >= 0.6 is 11.6 Å². The van der Waals surface area contributed by atoms with Crippen LogP contribution in [0, 0.1) is 0 Å². The first kappa shape index (κ1) is 9.30. The molecule has 0 radical (unpaired) electrons. The number of carboxylic acids is 1. The van der Waals surface area contributed by atoms with E-state index >= 15 is 0 Å². The molecule has 0 aliphatic heterocycles. The smallest absolute Gasteiger partial charge is 0.352 e. The Hall–Kier alpha value is -1.94. The number of furan rings is 1. The van der Waals surface area contributed by atoms with Gasteiger partial charge in [-0.3, -0.25) is 0 Å². The average molecular weight is 236 g/mol. The maximum absolute atomic E-state index is 10.8. The molecule has 0 saturated heterocycles. The Labute approximate surface area is 94.4 Å². The predicted octanol–water partition coefficient (Wildman–Crippen LogP) is 3.27. The lowest BCUT2D eigenvalue weighted by atomic mass is 10.2. The van der Waals surface area contributed by atoms with Crippen LogP contribution in [0.4, 0.5) is 0 Å². The van der Waals surface area contributed by atoms with E-state index in [1.165, 1.54) is 0 Å². The van der Waals surface area contributed by atoms with Crippen LogP contribution in [0.5, 0.6) is 0 Å². The highest BCUT2D eigenvalue weighted by Gasteiger charge is 2.15. The van der Waals surface area contributed by atoms with E-state index in [1.807, 2.05) is 6.07 Å². The van der Waals surface area contributed by atoms with Crippen LogP contribution in [0.1, 0.15) is 10.5 Å². The Kier molecular flexibility index (Phi) is 1.76. The molecule has 2 N–H and O–H groups in total. The highest BCUT2D eigenvalue weighted by Crippen LogP contribution is 2.33. The van der Waals surface area contributed by atoms with Gasteiger partial charge in [-0.15, -0.1) is 0 Å². The Morgan fingerprint density at radius 1 is 1.38 bits per heavy atom. The fourth-order valence-corrected chi connectivity index (χ4v) is 1.97. The van der Waals surface area contributed by atoms with E-state index in [9.17, 15) is 4.79 Å². The van der Waals surface area contributed by atoms with E-state index in [4.69, 9.17) is 21.1 Å². The number of aromatic nitrogens is 1. The molecule has 16 heavy (non-hydrogen) atoms. The number of nitrogens with one attached hydrogen (secondary N) is 1.